The molecule has 304 valence electrons. The van der Waals surface area contributed by atoms with Gasteiger partial charge in [0.15, 0.2) is 0 Å². The van der Waals surface area contributed by atoms with Crippen LogP contribution in [0, 0.1) is 0 Å². The highest BCUT2D eigenvalue weighted by Gasteiger charge is 2.38. The second-order valence-corrected chi connectivity index (χ2v) is 17.9. The highest BCUT2D eigenvalue weighted by Crippen LogP contribution is 2.49. The summed E-state index contributed by atoms with van der Waals surface area (Å²) in [5.74, 6) is 0.387. The van der Waals surface area contributed by atoms with Gasteiger partial charge in [0, 0.05) is 35.1 Å². The minimum atomic E-state index is 0.339. The van der Waals surface area contributed by atoms with Crippen molar-refractivity contribution in [1.82, 2.24) is 0 Å². The zero-order valence-corrected chi connectivity index (χ0v) is 35.7. The van der Waals surface area contributed by atoms with Crippen molar-refractivity contribution in [2.75, 3.05) is 23.4 Å². The van der Waals surface area contributed by atoms with Gasteiger partial charge >= 0.3 is 0 Å². The lowest BCUT2D eigenvalue weighted by atomic mass is 9.90. The van der Waals surface area contributed by atoms with Gasteiger partial charge in [0.25, 0.3) is 0 Å². The Labute approximate surface area is 373 Å². The van der Waals surface area contributed by atoms with Gasteiger partial charge in [0.1, 0.15) is 0 Å². The molecule has 2 unspecified atom stereocenters. The molecular formula is C61H45N3. The Hall–Kier alpha value is -7.75. The van der Waals surface area contributed by atoms with Crippen molar-refractivity contribution < 1.29 is 0 Å². The van der Waals surface area contributed by atoms with Crippen LogP contribution in [0.3, 0.4) is 0 Å². The van der Waals surface area contributed by atoms with Crippen molar-refractivity contribution in [2.45, 2.75) is 24.8 Å². The molecule has 2 aliphatic carbocycles. The third-order valence-corrected chi connectivity index (χ3v) is 14.1. The predicted octanol–water partition coefficient (Wildman–Crippen LogP) is 15.5. The molecule has 3 nitrogen and oxygen atoms in total. The number of anilines is 2. The van der Waals surface area contributed by atoms with Crippen molar-refractivity contribution in [2.24, 2.45) is 4.99 Å². The molecule has 13 rings (SSSR count). The second kappa shape index (κ2) is 14.7. The van der Waals surface area contributed by atoms with E-state index in [2.05, 4.69) is 223 Å². The number of aliphatic imine (C=N–C) groups is 1. The third-order valence-electron chi connectivity index (χ3n) is 14.1. The van der Waals surface area contributed by atoms with Crippen molar-refractivity contribution in [1.29, 1.82) is 0 Å². The number of rotatable bonds is 5. The first kappa shape index (κ1) is 36.9. The summed E-state index contributed by atoms with van der Waals surface area (Å²) < 4.78 is 0. The lowest BCUT2D eigenvalue weighted by Gasteiger charge is -2.31. The number of hydrogen-bond donors (Lipinski definition) is 0. The van der Waals surface area contributed by atoms with Gasteiger partial charge < -0.3 is 9.80 Å². The van der Waals surface area contributed by atoms with Crippen LogP contribution in [0.2, 0.25) is 0 Å². The van der Waals surface area contributed by atoms with Crippen LogP contribution in [0.1, 0.15) is 29.9 Å². The maximum atomic E-state index is 5.41. The Kier molecular flexibility index (Phi) is 8.45. The second-order valence-electron chi connectivity index (χ2n) is 17.9. The van der Waals surface area contributed by atoms with Gasteiger partial charge in [-0.05, 0) is 132 Å². The van der Waals surface area contributed by atoms with Crippen LogP contribution in [0.4, 0.5) is 17.1 Å². The Balaban J connectivity index is 0.784. The molecule has 2 atom stereocenters. The molecule has 3 heteroatoms. The molecule has 4 aliphatic rings. The van der Waals surface area contributed by atoms with Gasteiger partial charge in [-0.2, -0.15) is 0 Å². The Morgan fingerprint density at radius 2 is 1.06 bits per heavy atom. The highest BCUT2D eigenvalue weighted by molar-refractivity contribution is 6.23. The number of likely N-dealkylation sites (N-methyl/N-ethyl adjacent to an activating group) is 1. The summed E-state index contributed by atoms with van der Waals surface area (Å²) >= 11 is 0. The van der Waals surface area contributed by atoms with E-state index in [0.29, 0.717) is 12.0 Å². The molecular weight excluding hydrogens is 775 g/mol. The van der Waals surface area contributed by atoms with E-state index in [1.165, 1.54) is 99.1 Å². The monoisotopic (exact) mass is 819 g/mol. The van der Waals surface area contributed by atoms with Crippen molar-refractivity contribution in [3.05, 3.63) is 223 Å². The molecule has 64 heavy (non-hydrogen) atoms. The van der Waals surface area contributed by atoms with Gasteiger partial charge in [-0.3, -0.25) is 0 Å². The first-order chi connectivity index (χ1) is 31.6. The summed E-state index contributed by atoms with van der Waals surface area (Å²) in [5, 5.41) is 9.93. The van der Waals surface area contributed by atoms with Crippen molar-refractivity contribution in [3.8, 4) is 33.4 Å². The molecule has 9 aromatic carbocycles. The lowest BCUT2D eigenvalue weighted by molar-refractivity contribution is 0.701. The van der Waals surface area contributed by atoms with Gasteiger partial charge in [-0.15, -0.1) is 0 Å². The van der Waals surface area contributed by atoms with E-state index in [0.717, 1.165) is 36.3 Å². The Bertz CT molecular complexity index is 3580. The fourth-order valence-electron chi connectivity index (χ4n) is 11.0. The number of fused-ring (bicyclic) bond motifs is 11. The van der Waals surface area contributed by atoms with Crippen LogP contribution in [0.15, 0.2) is 217 Å². The topological polar surface area (TPSA) is 18.8 Å². The first-order valence-electron chi connectivity index (χ1n) is 22.7. The van der Waals surface area contributed by atoms with Crippen LogP contribution in [-0.4, -0.2) is 25.3 Å². The Morgan fingerprint density at radius 3 is 1.72 bits per heavy atom. The number of nitrogens with zero attached hydrogens (tertiary/aromatic N) is 3. The van der Waals surface area contributed by atoms with E-state index in [1.54, 1.807) is 0 Å². The number of hydrogen-bond acceptors (Lipinski definition) is 3. The molecule has 0 saturated carbocycles. The van der Waals surface area contributed by atoms with E-state index < -0.39 is 0 Å². The van der Waals surface area contributed by atoms with Gasteiger partial charge in [0.05, 0.1) is 29.7 Å². The van der Waals surface area contributed by atoms with Crippen LogP contribution in [-0.2, 0) is 0 Å². The smallest absolute Gasteiger partial charge is 0.0952 e. The molecule has 2 heterocycles. The lowest BCUT2D eigenvalue weighted by Crippen LogP contribution is -2.32. The minimum absolute atomic E-state index is 0.339. The van der Waals surface area contributed by atoms with Crippen molar-refractivity contribution >= 4 is 65.9 Å². The van der Waals surface area contributed by atoms with E-state index in [1.807, 2.05) is 0 Å². The largest absolute Gasteiger partial charge is 0.366 e. The summed E-state index contributed by atoms with van der Waals surface area (Å²) in [6.07, 6.45) is 18.1. The summed E-state index contributed by atoms with van der Waals surface area (Å²) in [6.45, 7) is 0.747. The minimum Gasteiger partial charge on any atom is -0.366 e. The molecule has 0 N–H and O–H groups in total. The Morgan fingerprint density at radius 1 is 0.500 bits per heavy atom. The summed E-state index contributed by atoms with van der Waals surface area (Å²) in [4.78, 5) is 10.4. The van der Waals surface area contributed by atoms with Gasteiger partial charge in [-0.1, -0.05) is 164 Å². The van der Waals surface area contributed by atoms with Crippen LogP contribution in [0.25, 0.3) is 76.5 Å². The van der Waals surface area contributed by atoms with Gasteiger partial charge in [-0.25, -0.2) is 4.99 Å². The van der Waals surface area contributed by atoms with Crippen LogP contribution >= 0.6 is 0 Å². The third kappa shape index (κ3) is 5.99. The molecule has 0 amide bonds. The van der Waals surface area contributed by atoms with E-state index in [9.17, 15) is 0 Å². The quantitative estimate of drug-likeness (QED) is 0.161. The average molecular weight is 820 g/mol. The maximum Gasteiger partial charge on any atom is 0.0952 e. The summed E-state index contributed by atoms with van der Waals surface area (Å²) in [5.41, 5.74) is 16.0. The molecule has 0 bridgehead atoms. The van der Waals surface area contributed by atoms with E-state index >= 15 is 0 Å². The molecule has 2 aliphatic heterocycles. The first-order valence-corrected chi connectivity index (χ1v) is 22.7. The van der Waals surface area contributed by atoms with E-state index in [-0.39, 0.29) is 0 Å². The molecule has 0 saturated heterocycles. The molecule has 0 fully saturated rings. The molecule has 9 aromatic rings. The summed E-state index contributed by atoms with van der Waals surface area (Å²) in [7, 11) is 2.20. The maximum absolute atomic E-state index is 5.41. The zero-order valence-electron chi connectivity index (χ0n) is 35.7. The average Bonchev–Trinajstić information content (AvgIpc) is 3.69. The van der Waals surface area contributed by atoms with Gasteiger partial charge in [0.2, 0.25) is 0 Å². The number of allylic oxidation sites excluding steroid dienone is 6. The highest BCUT2D eigenvalue weighted by atomic mass is 15.2. The zero-order chi connectivity index (χ0) is 42.3. The normalized spacial score (nSPS) is 17.5. The molecule has 0 radical (unpaired) electrons. The van der Waals surface area contributed by atoms with Crippen LogP contribution < -0.4 is 9.80 Å². The fourth-order valence-corrected chi connectivity index (χ4v) is 11.0. The molecule has 0 spiro atoms. The summed E-state index contributed by atoms with van der Waals surface area (Å²) in [6, 6.07) is 61.3. The van der Waals surface area contributed by atoms with Crippen LogP contribution in [0.5, 0.6) is 0 Å². The number of benzene rings is 9. The predicted molar refractivity (Wildman–Crippen MR) is 272 cm³/mol. The SMILES string of the molecule is CN1CC(c2cccc(-c3ccc4cc(-c5ccc6cc(-c7ccc8c(c7)N(C7=CC=CCC7)C7C=CC=CC87)ccc6c5)ccc4c3)c2)=Nc2c1c1ccccc1c1ccccc21. The standard InChI is InChI=1S/C61H45N3/c1-63-38-57(62-60-55-19-7-5-16-51(55)52-17-6-8-20-56(52)61(60)63)49-13-11-12-39(36-49)40-22-23-42-33-43(25-24-41(42)32-40)44-26-27-46-35-47(29-28-45(46)34-44)48-30-31-54-53-18-9-10-21-58(53)64(59(54)37-48)50-14-3-2-4-15-50/h2-3,5-14,16-37,53,58H,4,15,38H2,1H3. The fraction of sp³-hybridized carbons (Fsp3) is 0.0984. The molecule has 0 aromatic heterocycles. The van der Waals surface area contributed by atoms with E-state index in [4.69, 9.17) is 4.99 Å². The van der Waals surface area contributed by atoms with Crippen molar-refractivity contribution in [3.63, 3.8) is 0 Å².